The molecule has 0 bridgehead atoms. The van der Waals surface area contributed by atoms with Crippen LogP contribution in [-0.2, 0) is 19.5 Å². The summed E-state index contributed by atoms with van der Waals surface area (Å²) < 4.78 is 4.94. The lowest BCUT2D eigenvalue weighted by molar-refractivity contribution is 0.169. The number of piperazine rings is 1. The molecule has 2 aromatic rings. The van der Waals surface area contributed by atoms with Crippen LogP contribution in [0.4, 0.5) is 5.69 Å². The molecule has 7 heteroatoms. The number of rotatable bonds is 5. The van der Waals surface area contributed by atoms with Crippen molar-refractivity contribution in [3.8, 4) is 0 Å². The number of aromatic nitrogens is 1. The first-order chi connectivity index (χ1) is 14.2. The first-order valence-electron chi connectivity index (χ1n) is 10.7. The largest absolute Gasteiger partial charge is 0.374 e. The Morgan fingerprint density at radius 3 is 2.79 bits per heavy atom. The van der Waals surface area contributed by atoms with E-state index in [1.54, 1.807) is 6.26 Å². The highest BCUT2D eigenvalue weighted by molar-refractivity contribution is 5.80. The second-order valence-electron chi connectivity index (χ2n) is 7.91. The van der Waals surface area contributed by atoms with Crippen LogP contribution in [-0.4, -0.2) is 67.2 Å². The number of aliphatic imine (C=N–C) groups is 1. The van der Waals surface area contributed by atoms with Crippen LogP contribution in [0.25, 0.3) is 0 Å². The Hall–Kier alpha value is -2.54. The number of hydrogen-bond acceptors (Lipinski definition) is 5. The highest BCUT2D eigenvalue weighted by Gasteiger charge is 2.20. The molecule has 3 heterocycles. The third-order valence-corrected chi connectivity index (χ3v) is 5.79. The Morgan fingerprint density at radius 1 is 1.17 bits per heavy atom. The van der Waals surface area contributed by atoms with Crippen molar-refractivity contribution >= 4 is 11.6 Å². The van der Waals surface area contributed by atoms with E-state index in [1.807, 2.05) is 6.07 Å². The summed E-state index contributed by atoms with van der Waals surface area (Å²) in [6.07, 6.45) is 4.04. The monoisotopic (exact) mass is 396 g/mol. The van der Waals surface area contributed by atoms with Gasteiger partial charge < -0.3 is 19.6 Å². The summed E-state index contributed by atoms with van der Waals surface area (Å²) in [6.45, 7) is 9.68. The fourth-order valence-electron chi connectivity index (χ4n) is 4.19. The van der Waals surface area contributed by atoms with Gasteiger partial charge in [0.1, 0.15) is 6.26 Å². The molecule has 0 aliphatic carbocycles. The van der Waals surface area contributed by atoms with Gasteiger partial charge in [-0.1, -0.05) is 17.3 Å². The predicted octanol–water partition coefficient (Wildman–Crippen LogP) is 2.34. The normalized spacial score (nSPS) is 18.1. The molecule has 0 atom stereocenters. The minimum atomic E-state index is 0.721. The first-order valence-corrected chi connectivity index (χ1v) is 10.7. The Bertz CT molecular complexity index is 811. The summed E-state index contributed by atoms with van der Waals surface area (Å²) in [6, 6.07) is 8.76. The summed E-state index contributed by atoms with van der Waals surface area (Å²) in [5.74, 6) is 1.02. The molecule has 0 spiro atoms. The van der Waals surface area contributed by atoms with Gasteiger partial charge in [-0.3, -0.25) is 4.90 Å². The van der Waals surface area contributed by atoms with Crippen molar-refractivity contribution in [2.24, 2.45) is 4.99 Å². The van der Waals surface area contributed by atoms with E-state index in [4.69, 9.17) is 9.52 Å². The number of fused-ring (bicyclic) bond motifs is 1. The zero-order valence-electron chi connectivity index (χ0n) is 17.6. The average Bonchev–Trinajstić information content (AvgIpc) is 3.25. The average molecular weight is 397 g/mol. The number of nitrogens with zero attached hydrogens (tertiary/aromatic N) is 5. The highest BCUT2D eigenvalue weighted by Crippen LogP contribution is 2.27. The lowest BCUT2D eigenvalue weighted by Gasteiger charge is -2.36. The molecule has 1 saturated heterocycles. The van der Waals surface area contributed by atoms with Gasteiger partial charge in [-0.15, -0.1) is 0 Å². The number of hydrogen-bond donors (Lipinski definition) is 1. The van der Waals surface area contributed by atoms with E-state index in [0.717, 1.165) is 64.0 Å². The molecular weight excluding hydrogens is 364 g/mol. The molecule has 29 heavy (non-hydrogen) atoms. The van der Waals surface area contributed by atoms with Crippen molar-refractivity contribution in [2.45, 2.75) is 32.9 Å². The van der Waals surface area contributed by atoms with Gasteiger partial charge in [0.15, 0.2) is 5.96 Å². The Balaban J connectivity index is 1.37. The van der Waals surface area contributed by atoms with Crippen LogP contribution < -0.4 is 10.2 Å². The fraction of sp³-hybridized carbons (Fsp3) is 0.545. The maximum absolute atomic E-state index is 4.95. The molecular formula is C22H32N6O. The van der Waals surface area contributed by atoms with Crippen molar-refractivity contribution in [1.82, 2.24) is 20.3 Å². The van der Waals surface area contributed by atoms with Gasteiger partial charge in [-0.2, -0.15) is 0 Å². The van der Waals surface area contributed by atoms with Crippen molar-refractivity contribution in [1.29, 1.82) is 0 Å². The molecule has 1 fully saturated rings. The van der Waals surface area contributed by atoms with Gasteiger partial charge in [-0.05, 0) is 37.0 Å². The molecule has 0 amide bonds. The Morgan fingerprint density at radius 2 is 2.03 bits per heavy atom. The molecule has 156 valence electrons. The van der Waals surface area contributed by atoms with Crippen molar-refractivity contribution in [2.75, 3.05) is 51.2 Å². The molecule has 0 radical (unpaired) electrons. The van der Waals surface area contributed by atoms with E-state index in [2.05, 4.69) is 57.3 Å². The van der Waals surface area contributed by atoms with Crippen LogP contribution in [0.2, 0.25) is 0 Å². The minimum Gasteiger partial charge on any atom is -0.374 e. The number of guanidine groups is 1. The van der Waals surface area contributed by atoms with E-state index < -0.39 is 0 Å². The molecule has 1 aromatic carbocycles. The van der Waals surface area contributed by atoms with E-state index >= 15 is 0 Å². The minimum absolute atomic E-state index is 0.721. The zero-order chi connectivity index (χ0) is 20.1. The van der Waals surface area contributed by atoms with Gasteiger partial charge in [0.25, 0.3) is 0 Å². The van der Waals surface area contributed by atoms with Crippen LogP contribution >= 0.6 is 0 Å². The number of benzene rings is 1. The highest BCUT2D eigenvalue weighted by atomic mass is 16.5. The SMILES string of the molecule is CCNC(=NCc1ccc2c(c1)CCCN2C)N1CCN(Cc2ccon2)CC1. The second-order valence-corrected chi connectivity index (χ2v) is 7.91. The van der Waals surface area contributed by atoms with Gasteiger partial charge in [0.05, 0.1) is 12.2 Å². The smallest absolute Gasteiger partial charge is 0.194 e. The van der Waals surface area contributed by atoms with Gasteiger partial charge in [-0.25, -0.2) is 4.99 Å². The maximum Gasteiger partial charge on any atom is 0.194 e. The third-order valence-electron chi connectivity index (χ3n) is 5.79. The summed E-state index contributed by atoms with van der Waals surface area (Å²) >= 11 is 0. The fourth-order valence-corrected chi connectivity index (χ4v) is 4.19. The van der Waals surface area contributed by atoms with Crippen molar-refractivity contribution in [3.63, 3.8) is 0 Å². The quantitative estimate of drug-likeness (QED) is 0.618. The van der Waals surface area contributed by atoms with Crippen LogP contribution in [0.5, 0.6) is 0 Å². The molecule has 7 nitrogen and oxygen atoms in total. The topological polar surface area (TPSA) is 60.1 Å². The standard InChI is InChI=1S/C22H32N6O/c1-3-23-22(28-12-10-27(11-13-28)17-20-8-14-29-25-20)24-16-18-6-7-21-19(15-18)5-4-9-26(21)2/h6-8,14-15H,3-5,9-13,16-17H2,1-2H3,(H,23,24). The summed E-state index contributed by atoms with van der Waals surface area (Å²) in [5, 5.41) is 7.50. The van der Waals surface area contributed by atoms with E-state index in [1.165, 1.54) is 29.7 Å². The molecule has 4 rings (SSSR count). The predicted molar refractivity (Wildman–Crippen MR) is 116 cm³/mol. The molecule has 0 unspecified atom stereocenters. The third kappa shape index (κ3) is 4.90. The lowest BCUT2D eigenvalue weighted by Crippen LogP contribution is -2.52. The first kappa shape index (κ1) is 19.8. The molecule has 1 aromatic heterocycles. The summed E-state index contributed by atoms with van der Waals surface area (Å²) in [4.78, 5) is 12.1. The van der Waals surface area contributed by atoms with Crippen molar-refractivity contribution in [3.05, 3.63) is 47.3 Å². The van der Waals surface area contributed by atoms with Gasteiger partial charge in [0.2, 0.25) is 0 Å². The number of anilines is 1. The van der Waals surface area contributed by atoms with Crippen molar-refractivity contribution < 1.29 is 4.52 Å². The van der Waals surface area contributed by atoms with Crippen LogP contribution in [0.3, 0.4) is 0 Å². The lowest BCUT2D eigenvalue weighted by atomic mass is 10.00. The molecule has 1 N–H and O–H groups in total. The van der Waals surface area contributed by atoms with E-state index in [-0.39, 0.29) is 0 Å². The molecule has 0 saturated carbocycles. The number of aryl methyl sites for hydroxylation is 1. The summed E-state index contributed by atoms with van der Waals surface area (Å²) in [5.41, 5.74) is 5.12. The van der Waals surface area contributed by atoms with Crippen LogP contribution in [0, 0.1) is 0 Å². The van der Waals surface area contributed by atoms with E-state index in [0.29, 0.717) is 0 Å². The maximum atomic E-state index is 4.95. The zero-order valence-corrected chi connectivity index (χ0v) is 17.6. The Labute approximate surface area is 173 Å². The van der Waals surface area contributed by atoms with E-state index in [9.17, 15) is 0 Å². The second kappa shape index (κ2) is 9.31. The Kier molecular flexibility index (Phi) is 6.34. The van der Waals surface area contributed by atoms with Crippen LogP contribution in [0.1, 0.15) is 30.2 Å². The summed E-state index contributed by atoms with van der Waals surface area (Å²) in [7, 11) is 2.18. The van der Waals surface area contributed by atoms with Gasteiger partial charge >= 0.3 is 0 Å². The molecule has 2 aliphatic heterocycles. The number of nitrogens with one attached hydrogen (secondary N) is 1. The molecule has 2 aliphatic rings. The van der Waals surface area contributed by atoms with Crippen LogP contribution in [0.15, 0.2) is 40.0 Å². The van der Waals surface area contributed by atoms with Gasteiger partial charge in [0, 0.05) is 64.6 Å².